The number of rotatable bonds is 3. The van der Waals surface area contributed by atoms with Crippen molar-refractivity contribution in [2.45, 2.75) is 18.8 Å². The van der Waals surface area contributed by atoms with E-state index in [-0.39, 0.29) is 5.91 Å². The van der Waals surface area contributed by atoms with Gasteiger partial charge in [-0.15, -0.1) is 11.3 Å². The molecule has 0 unspecified atom stereocenters. The Kier molecular flexibility index (Phi) is 4.64. The molecular weight excluding hydrogens is 342 g/mol. The highest BCUT2D eigenvalue weighted by atomic mass is 32.1. The average molecular weight is 366 g/mol. The van der Waals surface area contributed by atoms with Gasteiger partial charge < -0.3 is 9.80 Å². The van der Waals surface area contributed by atoms with Crippen LogP contribution in [0.4, 0.5) is 5.69 Å². The molecule has 2 aromatic carbocycles. The van der Waals surface area contributed by atoms with E-state index in [9.17, 15) is 4.79 Å². The third-order valence-electron chi connectivity index (χ3n) is 5.05. The second kappa shape index (κ2) is 7.08. The molecule has 1 aliphatic rings. The highest BCUT2D eigenvalue weighted by Gasteiger charge is 2.26. The molecule has 0 spiro atoms. The summed E-state index contributed by atoms with van der Waals surface area (Å²) in [4.78, 5) is 21.7. The molecule has 1 aliphatic heterocycles. The molecule has 1 aromatic heterocycles. The highest BCUT2D eigenvalue weighted by Crippen LogP contribution is 2.34. The Bertz CT molecular complexity index is 893. The van der Waals surface area contributed by atoms with E-state index in [0.29, 0.717) is 5.92 Å². The SMILES string of the molecule is CN(C)c1cccc(C(=O)N2CCC(c3nc4ccccc4s3)CC2)c1. The topological polar surface area (TPSA) is 36.4 Å². The molecule has 1 saturated heterocycles. The van der Waals surface area contributed by atoms with Gasteiger partial charge in [-0.25, -0.2) is 4.98 Å². The van der Waals surface area contributed by atoms with Crippen LogP contribution >= 0.6 is 11.3 Å². The van der Waals surface area contributed by atoms with Gasteiger partial charge in [0.1, 0.15) is 0 Å². The Morgan fingerprint density at radius 2 is 1.88 bits per heavy atom. The van der Waals surface area contributed by atoms with Crippen LogP contribution in [0, 0.1) is 0 Å². The monoisotopic (exact) mass is 365 g/mol. The summed E-state index contributed by atoms with van der Waals surface area (Å²) in [5.41, 5.74) is 2.92. The van der Waals surface area contributed by atoms with Gasteiger partial charge in [-0.2, -0.15) is 0 Å². The van der Waals surface area contributed by atoms with E-state index in [1.807, 2.05) is 54.2 Å². The van der Waals surface area contributed by atoms with Crippen molar-refractivity contribution < 1.29 is 4.79 Å². The largest absolute Gasteiger partial charge is 0.378 e. The van der Waals surface area contributed by atoms with Crippen LogP contribution in [0.2, 0.25) is 0 Å². The molecule has 1 amide bonds. The molecule has 0 saturated carbocycles. The first-order valence-electron chi connectivity index (χ1n) is 9.04. The summed E-state index contributed by atoms with van der Waals surface area (Å²) in [6.45, 7) is 1.59. The molecule has 0 radical (unpaired) electrons. The van der Waals surface area contributed by atoms with Crippen LogP contribution in [0.5, 0.6) is 0 Å². The molecule has 5 heteroatoms. The lowest BCUT2D eigenvalue weighted by Crippen LogP contribution is -2.38. The van der Waals surface area contributed by atoms with Crippen LogP contribution < -0.4 is 4.90 Å². The van der Waals surface area contributed by atoms with E-state index >= 15 is 0 Å². The first-order chi connectivity index (χ1) is 12.6. The first kappa shape index (κ1) is 17.0. The number of hydrogen-bond acceptors (Lipinski definition) is 4. The molecule has 0 N–H and O–H groups in total. The number of piperidine rings is 1. The molecule has 0 bridgehead atoms. The van der Waals surface area contributed by atoms with Crippen LogP contribution in [0.1, 0.15) is 34.1 Å². The third-order valence-corrected chi connectivity index (χ3v) is 6.25. The number of carbonyl (C=O) groups is 1. The van der Waals surface area contributed by atoms with E-state index in [4.69, 9.17) is 4.98 Å². The normalized spacial score (nSPS) is 15.4. The lowest BCUT2D eigenvalue weighted by atomic mass is 9.97. The number of likely N-dealkylation sites (tertiary alicyclic amines) is 1. The van der Waals surface area contributed by atoms with Crippen molar-refractivity contribution >= 4 is 33.1 Å². The van der Waals surface area contributed by atoms with Crippen LogP contribution in [-0.4, -0.2) is 43.0 Å². The van der Waals surface area contributed by atoms with Crippen molar-refractivity contribution in [3.63, 3.8) is 0 Å². The Morgan fingerprint density at radius 3 is 2.62 bits per heavy atom. The van der Waals surface area contributed by atoms with Gasteiger partial charge in [0.05, 0.1) is 15.2 Å². The van der Waals surface area contributed by atoms with Gasteiger partial charge in [0.15, 0.2) is 0 Å². The Morgan fingerprint density at radius 1 is 1.12 bits per heavy atom. The van der Waals surface area contributed by atoms with Crippen molar-refractivity contribution in [2.75, 3.05) is 32.1 Å². The molecular formula is C21H23N3OS. The van der Waals surface area contributed by atoms with E-state index in [1.165, 1.54) is 9.71 Å². The molecule has 26 heavy (non-hydrogen) atoms. The van der Waals surface area contributed by atoms with Crippen molar-refractivity contribution in [3.05, 3.63) is 59.1 Å². The van der Waals surface area contributed by atoms with Crippen LogP contribution in [-0.2, 0) is 0 Å². The smallest absolute Gasteiger partial charge is 0.253 e. The summed E-state index contributed by atoms with van der Waals surface area (Å²) < 4.78 is 1.25. The molecule has 4 nitrogen and oxygen atoms in total. The number of para-hydroxylation sites is 1. The second-order valence-corrected chi connectivity index (χ2v) is 8.09. The van der Waals surface area contributed by atoms with Crippen molar-refractivity contribution in [3.8, 4) is 0 Å². The summed E-state index contributed by atoms with van der Waals surface area (Å²) in [5.74, 6) is 0.598. The fourth-order valence-corrected chi connectivity index (χ4v) is 4.63. The van der Waals surface area contributed by atoms with Crippen LogP contribution in [0.15, 0.2) is 48.5 Å². The predicted molar refractivity (Wildman–Crippen MR) is 108 cm³/mol. The fraction of sp³-hybridized carbons (Fsp3) is 0.333. The number of nitrogens with zero attached hydrogens (tertiary/aromatic N) is 3. The molecule has 4 rings (SSSR count). The van der Waals surface area contributed by atoms with E-state index in [0.717, 1.165) is 42.7 Å². The summed E-state index contributed by atoms with van der Waals surface area (Å²) in [6, 6.07) is 16.2. The maximum absolute atomic E-state index is 12.9. The fourth-order valence-electron chi connectivity index (χ4n) is 3.49. The molecule has 0 aliphatic carbocycles. The van der Waals surface area contributed by atoms with E-state index in [2.05, 4.69) is 18.2 Å². The summed E-state index contributed by atoms with van der Waals surface area (Å²) in [7, 11) is 3.99. The van der Waals surface area contributed by atoms with Crippen molar-refractivity contribution in [1.82, 2.24) is 9.88 Å². The summed E-state index contributed by atoms with van der Waals surface area (Å²) >= 11 is 1.79. The third kappa shape index (κ3) is 3.31. The minimum atomic E-state index is 0.136. The first-order valence-corrected chi connectivity index (χ1v) is 9.85. The van der Waals surface area contributed by atoms with Gasteiger partial charge in [-0.1, -0.05) is 18.2 Å². The van der Waals surface area contributed by atoms with E-state index < -0.39 is 0 Å². The molecule has 134 valence electrons. The number of anilines is 1. The molecule has 1 fully saturated rings. The number of hydrogen-bond donors (Lipinski definition) is 0. The van der Waals surface area contributed by atoms with Gasteiger partial charge in [0.2, 0.25) is 0 Å². The maximum atomic E-state index is 12.9. The average Bonchev–Trinajstić information content (AvgIpc) is 3.12. The zero-order valence-electron chi connectivity index (χ0n) is 15.2. The van der Waals surface area contributed by atoms with Gasteiger partial charge in [0, 0.05) is 44.4 Å². The minimum absolute atomic E-state index is 0.136. The second-order valence-electron chi connectivity index (χ2n) is 7.03. The standard InChI is InChI=1S/C21H23N3OS/c1-23(2)17-7-5-6-16(14-17)21(25)24-12-10-15(11-13-24)20-22-18-8-3-4-9-19(18)26-20/h3-9,14-15H,10-13H2,1-2H3. The Hall–Kier alpha value is -2.40. The number of amides is 1. The number of fused-ring (bicyclic) bond motifs is 1. The van der Waals surface area contributed by atoms with E-state index in [1.54, 1.807) is 11.3 Å². The van der Waals surface area contributed by atoms with Crippen molar-refractivity contribution in [2.24, 2.45) is 0 Å². The van der Waals surface area contributed by atoms with Gasteiger partial charge in [-0.3, -0.25) is 4.79 Å². The maximum Gasteiger partial charge on any atom is 0.253 e. The number of benzene rings is 2. The molecule has 0 atom stereocenters. The summed E-state index contributed by atoms with van der Waals surface area (Å²) in [6.07, 6.45) is 1.97. The zero-order valence-corrected chi connectivity index (χ0v) is 16.0. The van der Waals surface area contributed by atoms with Crippen molar-refractivity contribution in [1.29, 1.82) is 0 Å². The quantitative estimate of drug-likeness (QED) is 0.691. The van der Waals surface area contributed by atoms with Crippen LogP contribution in [0.25, 0.3) is 10.2 Å². The Balaban J connectivity index is 1.44. The highest BCUT2D eigenvalue weighted by molar-refractivity contribution is 7.18. The van der Waals surface area contributed by atoms with Gasteiger partial charge in [0.25, 0.3) is 5.91 Å². The number of thiazole rings is 1. The van der Waals surface area contributed by atoms with Gasteiger partial charge >= 0.3 is 0 Å². The lowest BCUT2D eigenvalue weighted by Gasteiger charge is -2.31. The summed E-state index contributed by atoms with van der Waals surface area (Å²) in [5, 5.41) is 1.22. The Labute approximate surface area is 158 Å². The predicted octanol–water partition coefficient (Wildman–Crippen LogP) is 4.38. The lowest BCUT2D eigenvalue weighted by molar-refractivity contribution is 0.0713. The number of carbonyl (C=O) groups excluding carboxylic acids is 1. The zero-order chi connectivity index (χ0) is 18.1. The van der Waals surface area contributed by atoms with Gasteiger partial charge in [-0.05, 0) is 43.2 Å². The van der Waals surface area contributed by atoms with Crippen LogP contribution in [0.3, 0.4) is 0 Å². The number of aromatic nitrogens is 1. The molecule has 3 aromatic rings. The molecule has 2 heterocycles. The minimum Gasteiger partial charge on any atom is -0.378 e.